The molecule has 1 aliphatic heterocycles. The molecule has 0 bridgehead atoms. The van der Waals surface area contributed by atoms with Gasteiger partial charge >= 0.3 is 6.01 Å². The van der Waals surface area contributed by atoms with Gasteiger partial charge in [0.05, 0.1) is 18.6 Å². The van der Waals surface area contributed by atoms with E-state index in [1.165, 1.54) is 0 Å². The first-order chi connectivity index (χ1) is 12.6. The van der Waals surface area contributed by atoms with Crippen molar-refractivity contribution in [1.82, 2.24) is 4.98 Å². The molecule has 1 aliphatic rings. The van der Waals surface area contributed by atoms with Gasteiger partial charge in [-0.15, -0.1) is 0 Å². The fourth-order valence-electron chi connectivity index (χ4n) is 2.95. The summed E-state index contributed by atoms with van der Waals surface area (Å²) in [7, 11) is 0. The first-order valence-electron chi connectivity index (χ1n) is 8.30. The number of aromatic nitrogens is 1. The van der Waals surface area contributed by atoms with Gasteiger partial charge in [-0.05, 0) is 35.4 Å². The van der Waals surface area contributed by atoms with Gasteiger partial charge in [0.1, 0.15) is 5.58 Å². The van der Waals surface area contributed by atoms with Gasteiger partial charge in [0, 0.05) is 18.7 Å². The largest absolute Gasteiger partial charge is 0.425 e. The molecule has 4 rings (SSSR count). The first-order valence-corrected chi connectivity index (χ1v) is 8.30. The number of carbonyl (C=O) groups is 1. The second-order valence-corrected chi connectivity index (χ2v) is 6.05. The van der Waals surface area contributed by atoms with Gasteiger partial charge in [-0.1, -0.05) is 18.2 Å². The number of fused-ring (bicyclic) bond motifs is 1. The monoisotopic (exact) mass is 351 g/mol. The quantitative estimate of drug-likeness (QED) is 0.772. The number of amides is 1. The Kier molecular flexibility index (Phi) is 4.14. The van der Waals surface area contributed by atoms with Crippen LogP contribution in [-0.4, -0.2) is 37.2 Å². The summed E-state index contributed by atoms with van der Waals surface area (Å²) >= 11 is 0. The zero-order valence-corrected chi connectivity index (χ0v) is 14.0. The van der Waals surface area contributed by atoms with Crippen molar-refractivity contribution in [3.05, 3.63) is 58.4 Å². The van der Waals surface area contributed by atoms with Crippen LogP contribution in [0.2, 0.25) is 0 Å². The van der Waals surface area contributed by atoms with Crippen LogP contribution >= 0.6 is 0 Å². The minimum absolute atomic E-state index is 0.323. The van der Waals surface area contributed by atoms with Crippen molar-refractivity contribution in [2.45, 2.75) is 0 Å². The molecule has 1 aromatic heterocycles. The third-order valence-corrected chi connectivity index (χ3v) is 4.39. The number of rotatable bonds is 3. The van der Waals surface area contributed by atoms with E-state index in [9.17, 15) is 9.59 Å². The van der Waals surface area contributed by atoms with Gasteiger partial charge in [0.2, 0.25) is 5.91 Å². The van der Waals surface area contributed by atoms with E-state index in [1.54, 1.807) is 36.4 Å². The average Bonchev–Trinajstić information content (AvgIpc) is 2.68. The first kappa shape index (κ1) is 16.3. The normalized spacial score (nSPS) is 14.5. The third kappa shape index (κ3) is 3.04. The molecular weight excluding hydrogens is 334 g/mol. The van der Waals surface area contributed by atoms with E-state index < -0.39 is 5.91 Å². The van der Waals surface area contributed by atoms with Crippen molar-refractivity contribution < 1.29 is 13.9 Å². The molecule has 0 radical (unpaired) electrons. The molecule has 0 atom stereocenters. The maximum Gasteiger partial charge on any atom is 0.301 e. The van der Waals surface area contributed by atoms with Crippen molar-refractivity contribution in [3.8, 4) is 11.1 Å². The third-order valence-electron chi connectivity index (χ3n) is 4.39. The van der Waals surface area contributed by atoms with Crippen LogP contribution in [0, 0.1) is 0 Å². The van der Waals surface area contributed by atoms with Crippen molar-refractivity contribution >= 4 is 22.9 Å². The summed E-state index contributed by atoms with van der Waals surface area (Å²) in [5.74, 6) is -0.476. The Balaban J connectivity index is 1.72. The van der Waals surface area contributed by atoms with Gasteiger partial charge < -0.3 is 19.8 Å². The van der Waals surface area contributed by atoms with Crippen LogP contribution in [0.15, 0.2) is 51.7 Å². The fraction of sp³-hybridized carbons (Fsp3) is 0.211. The summed E-state index contributed by atoms with van der Waals surface area (Å²) in [6.45, 7) is 2.46. The minimum Gasteiger partial charge on any atom is -0.425 e. The van der Waals surface area contributed by atoms with E-state index in [0.717, 1.165) is 11.1 Å². The van der Waals surface area contributed by atoms with Gasteiger partial charge in [-0.25, -0.2) is 0 Å². The molecule has 2 heterocycles. The summed E-state index contributed by atoms with van der Waals surface area (Å²) in [4.78, 5) is 29.6. The molecule has 26 heavy (non-hydrogen) atoms. The number of nitrogens with two attached hydrogens (primary N) is 1. The number of ether oxygens (including phenoxy) is 1. The van der Waals surface area contributed by atoms with E-state index >= 15 is 0 Å². The summed E-state index contributed by atoms with van der Waals surface area (Å²) in [6.07, 6.45) is 0. The Labute approximate surface area is 149 Å². The number of hydrogen-bond donors (Lipinski definition) is 1. The van der Waals surface area contributed by atoms with Crippen LogP contribution in [0.5, 0.6) is 0 Å². The molecule has 3 aromatic rings. The van der Waals surface area contributed by atoms with Crippen LogP contribution in [0.25, 0.3) is 22.1 Å². The molecule has 0 unspecified atom stereocenters. The highest BCUT2D eigenvalue weighted by Gasteiger charge is 2.17. The van der Waals surface area contributed by atoms with Crippen molar-refractivity contribution in [2.75, 3.05) is 31.2 Å². The van der Waals surface area contributed by atoms with E-state index in [2.05, 4.69) is 4.98 Å². The highest BCUT2D eigenvalue weighted by molar-refractivity contribution is 5.93. The smallest absolute Gasteiger partial charge is 0.301 e. The number of benzene rings is 2. The summed E-state index contributed by atoms with van der Waals surface area (Å²) < 4.78 is 11.1. The zero-order valence-electron chi connectivity index (χ0n) is 14.0. The van der Waals surface area contributed by atoms with E-state index in [4.69, 9.17) is 14.9 Å². The molecule has 1 saturated heterocycles. The summed E-state index contributed by atoms with van der Waals surface area (Å²) in [5.41, 5.74) is 7.56. The molecule has 7 heteroatoms. The van der Waals surface area contributed by atoms with Gasteiger partial charge in [0.25, 0.3) is 5.56 Å². The average molecular weight is 351 g/mol. The number of hydrogen-bond acceptors (Lipinski definition) is 6. The molecule has 132 valence electrons. The molecule has 7 nitrogen and oxygen atoms in total. The number of primary amides is 1. The second kappa shape index (κ2) is 6.61. The van der Waals surface area contributed by atoms with Crippen molar-refractivity contribution in [1.29, 1.82) is 0 Å². The molecular formula is C19H17N3O4. The maximum atomic E-state index is 12.5. The SMILES string of the molecule is NC(=O)c1ccc(-c2ccc3oc(N4CCOCC4)nc(=O)c3c2)cc1. The number of carbonyl (C=O) groups excluding carboxylic acids is 1. The number of anilines is 1. The van der Waals surface area contributed by atoms with Gasteiger partial charge in [-0.2, -0.15) is 4.98 Å². The lowest BCUT2D eigenvalue weighted by Gasteiger charge is -2.25. The maximum absolute atomic E-state index is 12.5. The summed E-state index contributed by atoms with van der Waals surface area (Å²) in [6, 6.07) is 12.6. The van der Waals surface area contributed by atoms with Gasteiger partial charge in [-0.3, -0.25) is 9.59 Å². The Morgan fingerprint density at radius 2 is 1.73 bits per heavy atom. The van der Waals surface area contributed by atoms with E-state index in [1.807, 2.05) is 11.0 Å². The highest BCUT2D eigenvalue weighted by Crippen LogP contribution is 2.25. The summed E-state index contributed by atoms with van der Waals surface area (Å²) in [5, 5.41) is 0.415. The minimum atomic E-state index is -0.476. The lowest BCUT2D eigenvalue weighted by atomic mass is 10.0. The standard InChI is InChI=1S/C19H17N3O4/c20-17(23)13-3-1-12(2-4-13)14-5-6-16-15(11-14)18(24)21-19(26-16)22-7-9-25-10-8-22/h1-6,11H,7-10H2,(H2,20,23). The lowest BCUT2D eigenvalue weighted by Crippen LogP contribution is -2.37. The van der Waals surface area contributed by atoms with Crippen molar-refractivity contribution in [3.63, 3.8) is 0 Å². The van der Waals surface area contributed by atoms with Crippen LogP contribution in [0.1, 0.15) is 10.4 Å². The van der Waals surface area contributed by atoms with Crippen LogP contribution in [0.3, 0.4) is 0 Å². The Morgan fingerprint density at radius 1 is 1.04 bits per heavy atom. The van der Waals surface area contributed by atoms with Gasteiger partial charge in [0.15, 0.2) is 0 Å². The predicted octanol–water partition coefficient (Wildman–Crippen LogP) is 1.79. The molecule has 2 N–H and O–H groups in total. The Morgan fingerprint density at radius 3 is 2.42 bits per heavy atom. The zero-order chi connectivity index (χ0) is 18.1. The van der Waals surface area contributed by atoms with E-state index in [-0.39, 0.29) is 5.56 Å². The lowest BCUT2D eigenvalue weighted by molar-refractivity contribution is 0.100. The Bertz CT molecular complexity index is 1020. The van der Waals surface area contributed by atoms with E-state index in [0.29, 0.717) is 48.9 Å². The van der Waals surface area contributed by atoms with Crippen LogP contribution < -0.4 is 16.2 Å². The highest BCUT2D eigenvalue weighted by atomic mass is 16.5. The van der Waals surface area contributed by atoms with Crippen molar-refractivity contribution in [2.24, 2.45) is 5.73 Å². The molecule has 2 aromatic carbocycles. The molecule has 1 fully saturated rings. The number of morpholine rings is 1. The fourth-order valence-corrected chi connectivity index (χ4v) is 2.95. The molecule has 0 saturated carbocycles. The second-order valence-electron chi connectivity index (χ2n) is 6.05. The van der Waals surface area contributed by atoms with Crippen LogP contribution in [-0.2, 0) is 4.74 Å². The topological polar surface area (TPSA) is 98.7 Å². The number of nitrogens with zero attached hydrogens (tertiary/aromatic N) is 2. The molecule has 0 aliphatic carbocycles. The molecule has 0 spiro atoms. The molecule has 1 amide bonds. The Hall–Kier alpha value is -3.19. The predicted molar refractivity (Wildman–Crippen MR) is 97.3 cm³/mol. The van der Waals surface area contributed by atoms with Crippen LogP contribution in [0.4, 0.5) is 6.01 Å².